The number of ether oxygens (including phenoxy) is 2. The number of nitrogens with one attached hydrogen (secondary N) is 2. The van der Waals surface area contributed by atoms with Gasteiger partial charge in [-0.15, -0.1) is 0 Å². The second kappa shape index (κ2) is 7.64. The Bertz CT molecular complexity index is 453. The molecular formula is C13H18F2N2O3. The number of hydrogen-bond acceptors (Lipinski definition) is 4. The van der Waals surface area contributed by atoms with Crippen LogP contribution < -0.4 is 20.1 Å². The number of carbonyl (C=O) groups is 1. The van der Waals surface area contributed by atoms with Crippen molar-refractivity contribution in [3.63, 3.8) is 0 Å². The molecule has 0 unspecified atom stereocenters. The SMILES string of the molecule is COc1ccc(OC(F)F)c(NC(=O)CNC(C)C)c1. The third kappa shape index (κ3) is 5.40. The molecular weight excluding hydrogens is 270 g/mol. The van der Waals surface area contributed by atoms with Crippen LogP contribution in [0.1, 0.15) is 13.8 Å². The highest BCUT2D eigenvalue weighted by atomic mass is 19.3. The van der Waals surface area contributed by atoms with Gasteiger partial charge in [0.15, 0.2) is 0 Å². The van der Waals surface area contributed by atoms with Gasteiger partial charge < -0.3 is 20.1 Å². The third-order valence-corrected chi connectivity index (χ3v) is 2.35. The van der Waals surface area contributed by atoms with Crippen molar-refractivity contribution < 1.29 is 23.0 Å². The fraction of sp³-hybridized carbons (Fsp3) is 0.462. The van der Waals surface area contributed by atoms with Crippen LogP contribution in [0.15, 0.2) is 18.2 Å². The maximum Gasteiger partial charge on any atom is 0.387 e. The Labute approximate surface area is 116 Å². The maximum absolute atomic E-state index is 12.3. The molecule has 0 radical (unpaired) electrons. The molecule has 112 valence electrons. The van der Waals surface area contributed by atoms with Crippen LogP contribution in [0.3, 0.4) is 0 Å². The molecule has 0 spiro atoms. The highest BCUT2D eigenvalue weighted by molar-refractivity contribution is 5.94. The van der Waals surface area contributed by atoms with Gasteiger partial charge in [0, 0.05) is 12.1 Å². The van der Waals surface area contributed by atoms with E-state index in [1.165, 1.54) is 25.3 Å². The average Bonchev–Trinajstić information content (AvgIpc) is 2.38. The minimum absolute atomic E-state index is 0.0724. The topological polar surface area (TPSA) is 59.6 Å². The first-order chi connectivity index (χ1) is 9.42. The Morgan fingerprint density at radius 2 is 2.05 bits per heavy atom. The molecule has 0 heterocycles. The van der Waals surface area contributed by atoms with Crippen molar-refractivity contribution >= 4 is 11.6 Å². The number of rotatable bonds is 7. The average molecular weight is 288 g/mol. The third-order valence-electron chi connectivity index (χ3n) is 2.35. The Hall–Kier alpha value is -1.89. The Morgan fingerprint density at radius 3 is 2.60 bits per heavy atom. The highest BCUT2D eigenvalue weighted by Crippen LogP contribution is 2.30. The van der Waals surface area contributed by atoms with Gasteiger partial charge in [-0.05, 0) is 12.1 Å². The number of carbonyl (C=O) groups excluding carboxylic acids is 1. The lowest BCUT2D eigenvalue weighted by atomic mass is 10.2. The summed E-state index contributed by atoms with van der Waals surface area (Å²) in [6.07, 6.45) is 0. The van der Waals surface area contributed by atoms with Gasteiger partial charge in [-0.2, -0.15) is 8.78 Å². The van der Waals surface area contributed by atoms with E-state index in [0.717, 1.165) is 0 Å². The Balaban J connectivity index is 2.81. The minimum Gasteiger partial charge on any atom is -0.497 e. The van der Waals surface area contributed by atoms with Gasteiger partial charge in [-0.1, -0.05) is 13.8 Å². The van der Waals surface area contributed by atoms with Crippen molar-refractivity contribution in [2.75, 3.05) is 19.0 Å². The van der Waals surface area contributed by atoms with Crippen LogP contribution in [0.25, 0.3) is 0 Å². The predicted molar refractivity (Wildman–Crippen MR) is 71.4 cm³/mol. The summed E-state index contributed by atoms with van der Waals surface area (Å²) in [6.45, 7) is 0.893. The van der Waals surface area contributed by atoms with E-state index < -0.39 is 6.61 Å². The van der Waals surface area contributed by atoms with Crippen LogP contribution in [0.4, 0.5) is 14.5 Å². The quantitative estimate of drug-likeness (QED) is 0.808. The van der Waals surface area contributed by atoms with Crippen LogP contribution in [-0.2, 0) is 4.79 Å². The highest BCUT2D eigenvalue weighted by Gasteiger charge is 2.13. The van der Waals surface area contributed by atoms with Crippen molar-refractivity contribution in [2.45, 2.75) is 26.5 Å². The summed E-state index contributed by atoms with van der Waals surface area (Å²) >= 11 is 0. The van der Waals surface area contributed by atoms with Crippen molar-refractivity contribution in [2.24, 2.45) is 0 Å². The second-order valence-corrected chi connectivity index (χ2v) is 4.32. The summed E-state index contributed by atoms with van der Waals surface area (Å²) in [4.78, 5) is 11.7. The van der Waals surface area contributed by atoms with E-state index >= 15 is 0 Å². The van der Waals surface area contributed by atoms with Crippen molar-refractivity contribution in [3.05, 3.63) is 18.2 Å². The molecule has 2 N–H and O–H groups in total. The first-order valence-electron chi connectivity index (χ1n) is 6.08. The number of benzene rings is 1. The molecule has 20 heavy (non-hydrogen) atoms. The Kier molecular flexibility index (Phi) is 6.17. The molecule has 7 heteroatoms. The van der Waals surface area contributed by atoms with E-state index in [4.69, 9.17) is 4.74 Å². The van der Waals surface area contributed by atoms with Gasteiger partial charge in [0.2, 0.25) is 5.91 Å². The molecule has 0 bridgehead atoms. The van der Waals surface area contributed by atoms with Crippen LogP contribution in [-0.4, -0.2) is 32.2 Å². The summed E-state index contributed by atoms with van der Waals surface area (Å²) < 4.78 is 33.9. The molecule has 1 rings (SSSR count). The minimum atomic E-state index is -2.96. The number of amides is 1. The molecule has 0 saturated carbocycles. The molecule has 1 aromatic carbocycles. The summed E-state index contributed by atoms with van der Waals surface area (Å²) in [5.41, 5.74) is 0.139. The summed E-state index contributed by atoms with van der Waals surface area (Å²) in [5, 5.41) is 5.43. The first-order valence-corrected chi connectivity index (χ1v) is 6.08. The van der Waals surface area contributed by atoms with Crippen molar-refractivity contribution in [1.29, 1.82) is 0 Å². The van der Waals surface area contributed by atoms with Crippen LogP contribution >= 0.6 is 0 Å². The summed E-state index contributed by atoms with van der Waals surface area (Å²) in [6, 6.07) is 4.35. The normalized spacial score (nSPS) is 10.8. The predicted octanol–water partition coefficient (Wildman–Crippen LogP) is 2.23. The van der Waals surface area contributed by atoms with Gasteiger partial charge in [0.1, 0.15) is 11.5 Å². The van der Waals surface area contributed by atoms with Gasteiger partial charge >= 0.3 is 6.61 Å². The number of alkyl halides is 2. The molecule has 1 amide bonds. The summed E-state index contributed by atoms with van der Waals surface area (Å²) in [5.74, 6) is -0.0384. The van der Waals surface area contributed by atoms with E-state index in [1.54, 1.807) is 0 Å². The van der Waals surface area contributed by atoms with E-state index in [1.807, 2.05) is 13.8 Å². The van der Waals surface area contributed by atoms with Crippen LogP contribution in [0, 0.1) is 0 Å². The molecule has 0 aromatic heterocycles. The number of methoxy groups -OCH3 is 1. The van der Waals surface area contributed by atoms with Gasteiger partial charge in [-0.3, -0.25) is 4.79 Å². The monoisotopic (exact) mass is 288 g/mol. The molecule has 0 atom stereocenters. The smallest absolute Gasteiger partial charge is 0.387 e. The first kappa shape index (κ1) is 16.2. The van der Waals surface area contributed by atoms with Gasteiger partial charge in [0.05, 0.1) is 19.3 Å². The second-order valence-electron chi connectivity index (χ2n) is 4.32. The van der Waals surface area contributed by atoms with E-state index in [9.17, 15) is 13.6 Å². The summed E-state index contributed by atoms with van der Waals surface area (Å²) in [7, 11) is 1.44. The number of halogens is 2. The maximum atomic E-state index is 12.3. The van der Waals surface area contributed by atoms with Crippen molar-refractivity contribution in [1.82, 2.24) is 5.32 Å². The lowest BCUT2D eigenvalue weighted by Gasteiger charge is -2.14. The molecule has 0 fully saturated rings. The van der Waals surface area contributed by atoms with Crippen molar-refractivity contribution in [3.8, 4) is 11.5 Å². The van der Waals surface area contributed by atoms with Gasteiger partial charge in [0.25, 0.3) is 0 Å². The molecule has 5 nitrogen and oxygen atoms in total. The van der Waals surface area contributed by atoms with E-state index in [-0.39, 0.29) is 29.9 Å². The molecule has 0 aliphatic carbocycles. The zero-order valence-corrected chi connectivity index (χ0v) is 11.6. The molecule has 1 aromatic rings. The van der Waals surface area contributed by atoms with Crippen LogP contribution in [0.5, 0.6) is 11.5 Å². The van der Waals surface area contributed by atoms with Gasteiger partial charge in [-0.25, -0.2) is 0 Å². The van der Waals surface area contributed by atoms with Crippen LogP contribution in [0.2, 0.25) is 0 Å². The standard InChI is InChI=1S/C13H18F2N2O3/c1-8(2)16-7-12(18)17-10-6-9(19-3)4-5-11(10)20-13(14)15/h4-6,8,13,16H,7H2,1-3H3,(H,17,18). The van der Waals surface area contributed by atoms with E-state index in [2.05, 4.69) is 15.4 Å². The largest absolute Gasteiger partial charge is 0.497 e. The lowest BCUT2D eigenvalue weighted by molar-refractivity contribution is -0.115. The number of hydrogen-bond donors (Lipinski definition) is 2. The zero-order valence-electron chi connectivity index (χ0n) is 11.6. The Morgan fingerprint density at radius 1 is 1.35 bits per heavy atom. The molecule has 0 aliphatic rings. The molecule has 0 saturated heterocycles. The number of anilines is 1. The molecule has 0 aliphatic heterocycles. The zero-order chi connectivity index (χ0) is 15.1. The lowest BCUT2D eigenvalue weighted by Crippen LogP contribution is -2.32. The fourth-order valence-electron chi connectivity index (χ4n) is 1.42. The van der Waals surface area contributed by atoms with E-state index in [0.29, 0.717) is 5.75 Å². The fourth-order valence-corrected chi connectivity index (χ4v) is 1.42.